The second-order valence-electron chi connectivity index (χ2n) is 6.03. The first kappa shape index (κ1) is 17.1. The molecule has 0 spiro atoms. The van der Waals surface area contributed by atoms with Gasteiger partial charge in [-0.1, -0.05) is 65.3 Å². The average Bonchev–Trinajstić information content (AvgIpc) is 3.36. The number of nitrogens with one attached hydrogen (secondary N) is 2. The van der Waals surface area contributed by atoms with E-state index in [0.717, 1.165) is 22.3 Å². The van der Waals surface area contributed by atoms with Crippen LogP contribution in [0.1, 0.15) is 16.1 Å². The van der Waals surface area contributed by atoms with Gasteiger partial charge < -0.3 is 14.8 Å². The lowest BCUT2D eigenvalue weighted by Crippen LogP contribution is -2.22. The molecule has 0 atom stereocenters. The number of rotatable bonds is 5. The number of hydrogen-bond acceptors (Lipinski definition) is 3. The van der Waals surface area contributed by atoms with Crippen molar-refractivity contribution in [2.45, 2.75) is 6.54 Å². The number of aromatic nitrogens is 2. The highest BCUT2D eigenvalue weighted by Gasteiger charge is 2.17. The Morgan fingerprint density at radius 1 is 1.07 bits per heavy atom. The number of aromatic amines is 1. The van der Waals surface area contributed by atoms with Gasteiger partial charge in [-0.3, -0.25) is 4.79 Å². The molecule has 0 fully saturated rings. The van der Waals surface area contributed by atoms with Crippen molar-refractivity contribution in [3.63, 3.8) is 0 Å². The molecule has 0 radical (unpaired) electrons. The second kappa shape index (κ2) is 7.51. The number of hydrogen-bond donors (Lipinski definition) is 2. The monoisotopic (exact) mass is 377 g/mol. The summed E-state index contributed by atoms with van der Waals surface area (Å²) < 4.78 is 5.16. The van der Waals surface area contributed by atoms with Crippen LogP contribution in [-0.4, -0.2) is 16.0 Å². The number of halogens is 1. The normalized spacial score (nSPS) is 10.7. The van der Waals surface area contributed by atoms with Crippen molar-refractivity contribution < 1.29 is 9.32 Å². The fourth-order valence-corrected chi connectivity index (χ4v) is 3.09. The Bertz CT molecular complexity index is 1070. The molecule has 0 saturated carbocycles. The summed E-state index contributed by atoms with van der Waals surface area (Å²) in [5.41, 5.74) is 4.47. The maximum atomic E-state index is 12.4. The van der Waals surface area contributed by atoms with Crippen LogP contribution in [0.25, 0.3) is 22.4 Å². The Kier molecular flexibility index (Phi) is 4.77. The fraction of sp³-hybridized carbons (Fsp3) is 0.0476. The van der Waals surface area contributed by atoms with Crippen molar-refractivity contribution in [3.8, 4) is 22.4 Å². The molecule has 0 saturated heterocycles. The van der Waals surface area contributed by atoms with Gasteiger partial charge in [0.1, 0.15) is 17.7 Å². The van der Waals surface area contributed by atoms with Gasteiger partial charge in [-0.15, -0.1) is 0 Å². The van der Waals surface area contributed by atoms with E-state index in [9.17, 15) is 4.79 Å². The van der Waals surface area contributed by atoms with E-state index in [1.165, 1.54) is 0 Å². The van der Waals surface area contributed by atoms with Gasteiger partial charge >= 0.3 is 0 Å². The minimum Gasteiger partial charge on any atom is -0.363 e. The van der Waals surface area contributed by atoms with Crippen LogP contribution in [0.2, 0.25) is 5.02 Å². The van der Waals surface area contributed by atoms with Gasteiger partial charge in [0.15, 0.2) is 0 Å². The van der Waals surface area contributed by atoms with E-state index in [0.29, 0.717) is 23.0 Å². The lowest BCUT2D eigenvalue weighted by molar-refractivity contribution is 0.0946. The fourth-order valence-electron chi connectivity index (χ4n) is 2.85. The van der Waals surface area contributed by atoms with Gasteiger partial charge in [0.25, 0.3) is 5.91 Å². The molecular formula is C21H16ClN3O2. The molecule has 4 aromatic rings. The van der Waals surface area contributed by atoms with Gasteiger partial charge in [-0.2, -0.15) is 0 Å². The zero-order valence-corrected chi connectivity index (χ0v) is 15.0. The van der Waals surface area contributed by atoms with Crippen molar-refractivity contribution in [2.75, 3.05) is 0 Å². The molecular weight excluding hydrogens is 362 g/mol. The summed E-state index contributed by atoms with van der Waals surface area (Å²) in [7, 11) is 0. The summed E-state index contributed by atoms with van der Waals surface area (Å²) in [6.07, 6.45) is 3.29. The molecule has 1 amide bonds. The van der Waals surface area contributed by atoms with Gasteiger partial charge in [0, 0.05) is 28.9 Å². The van der Waals surface area contributed by atoms with Crippen LogP contribution in [0, 0.1) is 0 Å². The molecule has 0 aliphatic rings. The maximum Gasteiger partial charge on any atom is 0.267 e. The third-order valence-corrected chi connectivity index (χ3v) is 4.56. The molecule has 0 unspecified atom stereocenters. The second-order valence-corrected chi connectivity index (χ2v) is 6.43. The van der Waals surface area contributed by atoms with E-state index in [1.54, 1.807) is 18.5 Å². The molecule has 2 aromatic heterocycles. The van der Waals surface area contributed by atoms with Crippen LogP contribution >= 0.6 is 11.6 Å². The van der Waals surface area contributed by atoms with Gasteiger partial charge in [0.05, 0.1) is 5.56 Å². The van der Waals surface area contributed by atoms with Gasteiger partial charge in [-0.05, 0) is 17.7 Å². The summed E-state index contributed by atoms with van der Waals surface area (Å²) in [6.45, 7) is 0.461. The Morgan fingerprint density at radius 2 is 1.85 bits per heavy atom. The molecule has 0 aliphatic carbocycles. The number of amides is 1. The summed E-state index contributed by atoms with van der Waals surface area (Å²) in [4.78, 5) is 15.4. The van der Waals surface area contributed by atoms with E-state index >= 15 is 0 Å². The average molecular weight is 378 g/mol. The molecule has 0 bridgehead atoms. The van der Waals surface area contributed by atoms with Crippen molar-refractivity contribution in [2.24, 2.45) is 0 Å². The van der Waals surface area contributed by atoms with Gasteiger partial charge in [-0.25, -0.2) is 0 Å². The predicted molar refractivity (Wildman–Crippen MR) is 104 cm³/mol. The zero-order chi connectivity index (χ0) is 18.6. The predicted octanol–water partition coefficient (Wildman–Crippen LogP) is 4.92. The molecule has 134 valence electrons. The lowest BCUT2D eigenvalue weighted by atomic mass is 10.0. The Labute approximate surface area is 161 Å². The molecule has 2 aromatic carbocycles. The molecule has 4 rings (SSSR count). The summed E-state index contributed by atoms with van der Waals surface area (Å²) in [5, 5.41) is 7.59. The van der Waals surface area contributed by atoms with Crippen molar-refractivity contribution >= 4 is 17.5 Å². The molecule has 2 N–H and O–H groups in total. The molecule has 5 nitrogen and oxygen atoms in total. The van der Waals surface area contributed by atoms with Crippen LogP contribution in [0.5, 0.6) is 0 Å². The Balaban J connectivity index is 1.54. The lowest BCUT2D eigenvalue weighted by Gasteiger charge is -2.03. The largest absolute Gasteiger partial charge is 0.363 e. The quantitative estimate of drug-likeness (QED) is 0.518. The minimum atomic E-state index is -0.187. The van der Waals surface area contributed by atoms with Crippen molar-refractivity contribution in [1.82, 2.24) is 15.5 Å². The summed E-state index contributed by atoms with van der Waals surface area (Å²) in [5.74, 6) is -0.187. The molecule has 2 heterocycles. The highest BCUT2D eigenvalue weighted by atomic mass is 35.5. The van der Waals surface area contributed by atoms with Crippen LogP contribution < -0.4 is 5.32 Å². The summed E-state index contributed by atoms with van der Waals surface area (Å²) in [6, 6.07) is 19.0. The van der Waals surface area contributed by atoms with E-state index in [4.69, 9.17) is 16.1 Å². The smallest absolute Gasteiger partial charge is 0.267 e. The van der Waals surface area contributed by atoms with Crippen LogP contribution in [-0.2, 0) is 6.54 Å². The number of carbonyl (C=O) groups is 1. The first-order chi connectivity index (χ1) is 13.2. The van der Waals surface area contributed by atoms with E-state index < -0.39 is 0 Å². The van der Waals surface area contributed by atoms with Crippen molar-refractivity contribution in [3.05, 3.63) is 89.4 Å². The number of H-pyrrole nitrogens is 1. The summed E-state index contributed by atoms with van der Waals surface area (Å²) >= 11 is 6.29. The zero-order valence-electron chi connectivity index (χ0n) is 14.3. The first-order valence-electron chi connectivity index (χ1n) is 8.42. The van der Waals surface area contributed by atoms with Crippen LogP contribution in [0.3, 0.4) is 0 Å². The maximum absolute atomic E-state index is 12.4. The Hall–Kier alpha value is -3.31. The minimum absolute atomic E-state index is 0.187. The highest BCUT2D eigenvalue weighted by Crippen LogP contribution is 2.35. The number of nitrogens with zero attached hydrogens (tertiary/aromatic N) is 1. The van der Waals surface area contributed by atoms with Gasteiger partial charge in [0.2, 0.25) is 0 Å². The molecule has 27 heavy (non-hydrogen) atoms. The van der Waals surface area contributed by atoms with E-state index in [1.807, 2.05) is 54.6 Å². The Morgan fingerprint density at radius 3 is 2.67 bits per heavy atom. The third kappa shape index (κ3) is 3.64. The first-order valence-corrected chi connectivity index (χ1v) is 8.80. The SMILES string of the molecule is O=C(NCc1ccccc1)c1cc(-c2nocc2-c2ccccc2Cl)c[nH]1. The number of carbonyl (C=O) groups excluding carboxylic acids is 1. The molecule has 0 aliphatic heterocycles. The van der Waals surface area contributed by atoms with Crippen LogP contribution in [0.4, 0.5) is 0 Å². The van der Waals surface area contributed by atoms with Crippen LogP contribution in [0.15, 0.2) is 77.6 Å². The third-order valence-electron chi connectivity index (χ3n) is 4.23. The topological polar surface area (TPSA) is 70.9 Å². The highest BCUT2D eigenvalue weighted by molar-refractivity contribution is 6.33. The van der Waals surface area contributed by atoms with E-state index in [-0.39, 0.29) is 5.91 Å². The van der Waals surface area contributed by atoms with E-state index in [2.05, 4.69) is 15.5 Å². The van der Waals surface area contributed by atoms with Crippen molar-refractivity contribution in [1.29, 1.82) is 0 Å². The standard InChI is InChI=1S/C21H16ClN3O2/c22-18-9-5-4-8-16(18)17-13-27-25-20(17)15-10-19(23-12-15)21(26)24-11-14-6-2-1-3-7-14/h1-10,12-13,23H,11H2,(H,24,26). The molecule has 6 heteroatoms. The number of benzene rings is 2.